The molecule has 16 heavy (non-hydrogen) atoms. The summed E-state index contributed by atoms with van der Waals surface area (Å²) >= 11 is 0. The lowest BCUT2D eigenvalue weighted by Crippen LogP contribution is -2.01. The first kappa shape index (κ1) is 10.7. The van der Waals surface area contributed by atoms with Crippen LogP contribution in [0.1, 0.15) is 11.3 Å². The average molecular weight is 217 g/mol. The quantitative estimate of drug-likeness (QED) is 0.837. The summed E-state index contributed by atoms with van der Waals surface area (Å²) in [5, 5.41) is 0. The zero-order valence-corrected chi connectivity index (χ0v) is 8.94. The molecule has 0 radical (unpaired) electrons. The molecule has 4 heteroatoms. The van der Waals surface area contributed by atoms with Crippen molar-refractivity contribution in [1.82, 2.24) is 9.97 Å². The second kappa shape index (κ2) is 4.37. The summed E-state index contributed by atoms with van der Waals surface area (Å²) < 4.78 is 13.1. The van der Waals surface area contributed by atoms with E-state index in [2.05, 4.69) is 9.97 Å². The van der Waals surface area contributed by atoms with Gasteiger partial charge < -0.3 is 5.73 Å². The first-order valence-electron chi connectivity index (χ1n) is 4.99. The van der Waals surface area contributed by atoms with Crippen LogP contribution >= 0.6 is 0 Å². The fourth-order valence-electron chi connectivity index (χ4n) is 1.43. The first-order chi connectivity index (χ1) is 7.70. The van der Waals surface area contributed by atoms with E-state index in [9.17, 15) is 4.39 Å². The molecule has 0 aliphatic rings. The number of nitrogens with zero attached hydrogens (tertiary/aromatic N) is 2. The molecule has 1 aromatic heterocycles. The summed E-state index contributed by atoms with van der Waals surface area (Å²) in [7, 11) is 0. The molecule has 0 bridgehead atoms. The van der Waals surface area contributed by atoms with Crippen molar-refractivity contribution in [1.29, 1.82) is 0 Å². The van der Waals surface area contributed by atoms with Gasteiger partial charge >= 0.3 is 0 Å². The third kappa shape index (κ3) is 2.06. The average Bonchev–Trinajstić information content (AvgIpc) is 2.33. The van der Waals surface area contributed by atoms with Crippen LogP contribution in [-0.2, 0) is 6.54 Å². The molecule has 0 aliphatic carbocycles. The highest BCUT2D eigenvalue weighted by molar-refractivity contribution is 5.56. The van der Waals surface area contributed by atoms with Crippen LogP contribution in [-0.4, -0.2) is 9.97 Å². The van der Waals surface area contributed by atoms with Crippen molar-refractivity contribution in [3.63, 3.8) is 0 Å². The molecule has 0 unspecified atom stereocenters. The van der Waals surface area contributed by atoms with Crippen LogP contribution in [0.15, 0.2) is 30.5 Å². The smallest absolute Gasteiger partial charge is 0.159 e. The molecule has 0 fully saturated rings. The Hall–Kier alpha value is -1.81. The van der Waals surface area contributed by atoms with Crippen molar-refractivity contribution in [2.45, 2.75) is 13.5 Å². The maximum Gasteiger partial charge on any atom is 0.159 e. The summed E-state index contributed by atoms with van der Waals surface area (Å²) in [5.74, 6) is 0.352. The van der Waals surface area contributed by atoms with Crippen LogP contribution in [0, 0.1) is 12.7 Å². The summed E-state index contributed by atoms with van der Waals surface area (Å²) in [6.45, 7) is 2.08. The minimum Gasteiger partial charge on any atom is -0.325 e. The van der Waals surface area contributed by atoms with Crippen molar-refractivity contribution in [3.8, 4) is 11.4 Å². The summed E-state index contributed by atoms with van der Waals surface area (Å²) in [5.41, 5.74) is 7.65. The van der Waals surface area contributed by atoms with Crippen LogP contribution in [0.3, 0.4) is 0 Å². The van der Waals surface area contributed by atoms with Crippen LogP contribution < -0.4 is 5.73 Å². The summed E-state index contributed by atoms with van der Waals surface area (Å²) in [6, 6.07) is 6.58. The highest BCUT2D eigenvalue weighted by atomic mass is 19.1. The third-order valence-corrected chi connectivity index (χ3v) is 2.34. The monoisotopic (exact) mass is 217 g/mol. The van der Waals surface area contributed by atoms with Crippen molar-refractivity contribution in [2.75, 3.05) is 0 Å². The van der Waals surface area contributed by atoms with Gasteiger partial charge in [0.15, 0.2) is 5.82 Å². The maximum atomic E-state index is 13.1. The van der Waals surface area contributed by atoms with Crippen molar-refractivity contribution < 1.29 is 4.39 Å². The van der Waals surface area contributed by atoms with Gasteiger partial charge in [-0.3, -0.25) is 0 Å². The molecule has 0 saturated heterocycles. The van der Waals surface area contributed by atoms with Gasteiger partial charge in [-0.2, -0.15) is 0 Å². The lowest BCUT2D eigenvalue weighted by atomic mass is 10.1. The number of hydrogen-bond acceptors (Lipinski definition) is 3. The Bertz CT molecular complexity index is 511. The van der Waals surface area contributed by atoms with E-state index in [1.54, 1.807) is 31.3 Å². The van der Waals surface area contributed by atoms with Crippen LogP contribution in [0.4, 0.5) is 4.39 Å². The Balaban J connectivity index is 2.46. The molecule has 0 amide bonds. The molecule has 2 aromatic rings. The molecule has 0 saturated carbocycles. The Morgan fingerprint density at radius 3 is 2.81 bits per heavy atom. The Morgan fingerprint density at radius 2 is 2.12 bits per heavy atom. The normalized spacial score (nSPS) is 10.4. The molecule has 1 aromatic carbocycles. The number of aromatic nitrogens is 2. The minimum atomic E-state index is -0.223. The standard InChI is InChI=1S/C12H12FN3/c1-8-6-9(2-3-11(8)13)12-15-5-4-10(7-14)16-12/h2-6H,7,14H2,1H3. The van der Waals surface area contributed by atoms with E-state index in [1.165, 1.54) is 6.07 Å². The SMILES string of the molecule is Cc1cc(-c2nccc(CN)n2)ccc1F. The number of halogens is 1. The molecular weight excluding hydrogens is 205 g/mol. The van der Waals surface area contributed by atoms with E-state index in [1.807, 2.05) is 0 Å². The van der Waals surface area contributed by atoms with E-state index < -0.39 is 0 Å². The Labute approximate surface area is 93.2 Å². The van der Waals surface area contributed by atoms with Gasteiger partial charge in [0.05, 0.1) is 5.69 Å². The largest absolute Gasteiger partial charge is 0.325 e. The van der Waals surface area contributed by atoms with Gasteiger partial charge in [0.25, 0.3) is 0 Å². The van der Waals surface area contributed by atoms with Crippen LogP contribution in [0.2, 0.25) is 0 Å². The Kier molecular flexibility index (Phi) is 2.92. The molecule has 2 rings (SSSR count). The van der Waals surface area contributed by atoms with E-state index in [0.717, 1.165) is 11.3 Å². The topological polar surface area (TPSA) is 51.8 Å². The van der Waals surface area contributed by atoms with Crippen LogP contribution in [0.25, 0.3) is 11.4 Å². The number of aryl methyl sites for hydroxylation is 1. The Morgan fingerprint density at radius 1 is 1.31 bits per heavy atom. The van der Waals surface area contributed by atoms with Gasteiger partial charge in [0, 0.05) is 18.3 Å². The number of rotatable bonds is 2. The van der Waals surface area contributed by atoms with Gasteiger partial charge in [-0.1, -0.05) is 0 Å². The van der Waals surface area contributed by atoms with E-state index in [0.29, 0.717) is 17.9 Å². The second-order valence-corrected chi connectivity index (χ2v) is 3.54. The maximum absolute atomic E-state index is 13.1. The highest BCUT2D eigenvalue weighted by Crippen LogP contribution is 2.18. The second-order valence-electron chi connectivity index (χ2n) is 3.54. The number of hydrogen-bond donors (Lipinski definition) is 1. The highest BCUT2D eigenvalue weighted by Gasteiger charge is 2.04. The van der Waals surface area contributed by atoms with Gasteiger partial charge in [-0.25, -0.2) is 14.4 Å². The molecule has 2 N–H and O–H groups in total. The lowest BCUT2D eigenvalue weighted by molar-refractivity contribution is 0.618. The predicted octanol–water partition coefficient (Wildman–Crippen LogP) is 2.05. The van der Waals surface area contributed by atoms with E-state index in [-0.39, 0.29) is 5.82 Å². The van der Waals surface area contributed by atoms with E-state index >= 15 is 0 Å². The minimum absolute atomic E-state index is 0.223. The predicted molar refractivity (Wildman–Crippen MR) is 60.1 cm³/mol. The molecule has 0 atom stereocenters. The van der Waals surface area contributed by atoms with Crippen molar-refractivity contribution in [2.24, 2.45) is 5.73 Å². The first-order valence-corrected chi connectivity index (χ1v) is 4.99. The van der Waals surface area contributed by atoms with Gasteiger partial charge in [-0.05, 0) is 36.8 Å². The molecule has 3 nitrogen and oxygen atoms in total. The van der Waals surface area contributed by atoms with Gasteiger partial charge in [0.1, 0.15) is 5.82 Å². The molecule has 82 valence electrons. The van der Waals surface area contributed by atoms with Crippen molar-refractivity contribution >= 4 is 0 Å². The number of benzene rings is 1. The summed E-state index contributed by atoms with van der Waals surface area (Å²) in [6.07, 6.45) is 1.66. The third-order valence-electron chi connectivity index (χ3n) is 2.34. The molecule has 0 spiro atoms. The van der Waals surface area contributed by atoms with E-state index in [4.69, 9.17) is 5.73 Å². The lowest BCUT2D eigenvalue weighted by Gasteiger charge is -2.03. The molecule has 1 heterocycles. The van der Waals surface area contributed by atoms with Crippen molar-refractivity contribution in [3.05, 3.63) is 47.5 Å². The van der Waals surface area contributed by atoms with Gasteiger partial charge in [-0.15, -0.1) is 0 Å². The molecule has 0 aliphatic heterocycles. The fourth-order valence-corrected chi connectivity index (χ4v) is 1.43. The number of nitrogens with two attached hydrogens (primary N) is 1. The van der Waals surface area contributed by atoms with Gasteiger partial charge in [0.2, 0.25) is 0 Å². The zero-order chi connectivity index (χ0) is 11.5. The zero-order valence-electron chi connectivity index (χ0n) is 8.94. The van der Waals surface area contributed by atoms with Crippen LogP contribution in [0.5, 0.6) is 0 Å². The summed E-state index contributed by atoms with van der Waals surface area (Å²) in [4.78, 5) is 8.41. The molecular formula is C12H12FN3. The fraction of sp³-hybridized carbons (Fsp3) is 0.167.